The number of hydrogen-bond acceptors (Lipinski definition) is 2. The van der Waals surface area contributed by atoms with Crippen molar-refractivity contribution < 1.29 is 0 Å². The van der Waals surface area contributed by atoms with E-state index in [4.69, 9.17) is 0 Å². The van der Waals surface area contributed by atoms with Gasteiger partial charge in [0.05, 0.1) is 0 Å². The molecule has 2 atom stereocenters. The van der Waals surface area contributed by atoms with Crippen molar-refractivity contribution >= 4 is 0 Å². The van der Waals surface area contributed by atoms with Gasteiger partial charge in [-0.1, -0.05) is 20.8 Å². The van der Waals surface area contributed by atoms with Gasteiger partial charge in [-0.3, -0.25) is 9.80 Å². The molecule has 3 aliphatic heterocycles. The van der Waals surface area contributed by atoms with Gasteiger partial charge in [0.25, 0.3) is 0 Å². The predicted octanol–water partition coefficient (Wildman–Crippen LogP) is 3.90. The minimum atomic E-state index is 0.394. The van der Waals surface area contributed by atoms with Crippen molar-refractivity contribution in [2.75, 3.05) is 19.6 Å². The van der Waals surface area contributed by atoms with E-state index in [0.717, 1.165) is 6.04 Å². The topological polar surface area (TPSA) is 6.48 Å². The molecule has 3 saturated heterocycles. The zero-order chi connectivity index (χ0) is 14.6. The molecular weight excluding hydrogens is 244 g/mol. The van der Waals surface area contributed by atoms with E-state index in [1.54, 1.807) is 0 Å². The summed E-state index contributed by atoms with van der Waals surface area (Å²) in [5, 5.41) is 0. The Labute approximate surface area is 125 Å². The van der Waals surface area contributed by atoms with Crippen molar-refractivity contribution in [3.63, 3.8) is 0 Å². The average molecular weight is 278 g/mol. The maximum Gasteiger partial charge on any atom is 0.0273 e. The van der Waals surface area contributed by atoms with E-state index >= 15 is 0 Å². The molecule has 0 amide bonds. The fourth-order valence-corrected chi connectivity index (χ4v) is 5.29. The Hall–Kier alpha value is -0.0800. The molecular formula is C18H34N2. The maximum atomic E-state index is 2.88. The zero-order valence-corrected chi connectivity index (χ0v) is 14.3. The molecule has 0 aromatic rings. The molecule has 0 saturated carbocycles. The summed E-state index contributed by atoms with van der Waals surface area (Å²) in [4.78, 5) is 5.62. The van der Waals surface area contributed by atoms with Crippen molar-refractivity contribution in [2.45, 2.75) is 90.3 Å². The van der Waals surface area contributed by atoms with Crippen LogP contribution in [-0.2, 0) is 0 Å². The number of fused-ring (bicyclic) bond motifs is 1. The van der Waals surface area contributed by atoms with Crippen LogP contribution < -0.4 is 0 Å². The van der Waals surface area contributed by atoms with Crippen LogP contribution in [0.15, 0.2) is 0 Å². The number of rotatable bonds is 3. The lowest BCUT2D eigenvalue weighted by Crippen LogP contribution is -2.65. The van der Waals surface area contributed by atoms with E-state index in [9.17, 15) is 0 Å². The standard InChI is InChI=1S/C18H34N2/c1-16(2,3)18-9-8-15(20(18)13-10-18)14-17(4,5)19-11-6-7-12-19/h15H,6-14H2,1-5H3. The fraction of sp³-hybridized carbons (Fsp3) is 1.00. The minimum Gasteiger partial charge on any atom is -0.298 e. The quantitative estimate of drug-likeness (QED) is 0.772. The maximum absolute atomic E-state index is 2.88. The molecule has 116 valence electrons. The minimum absolute atomic E-state index is 0.394. The van der Waals surface area contributed by atoms with E-state index in [1.807, 2.05) is 0 Å². The highest BCUT2D eigenvalue weighted by atomic mass is 15.3. The Morgan fingerprint density at radius 3 is 2.05 bits per heavy atom. The lowest BCUT2D eigenvalue weighted by molar-refractivity contribution is -0.0864. The molecule has 2 unspecified atom stereocenters. The second-order valence-corrected chi connectivity index (χ2v) is 9.13. The fourth-order valence-electron chi connectivity index (χ4n) is 5.29. The van der Waals surface area contributed by atoms with Crippen LogP contribution in [0.4, 0.5) is 0 Å². The van der Waals surface area contributed by atoms with Crippen LogP contribution in [-0.4, -0.2) is 46.6 Å². The Kier molecular flexibility index (Phi) is 3.49. The molecule has 20 heavy (non-hydrogen) atoms. The molecule has 0 N–H and O–H groups in total. The van der Waals surface area contributed by atoms with Gasteiger partial charge in [-0.05, 0) is 70.9 Å². The molecule has 0 radical (unpaired) electrons. The van der Waals surface area contributed by atoms with Crippen molar-refractivity contribution in [2.24, 2.45) is 5.41 Å². The number of nitrogens with zero attached hydrogens (tertiary/aromatic N) is 2. The Morgan fingerprint density at radius 1 is 0.950 bits per heavy atom. The number of likely N-dealkylation sites (tertiary alicyclic amines) is 1. The van der Waals surface area contributed by atoms with E-state index < -0.39 is 0 Å². The average Bonchev–Trinajstić information content (AvgIpc) is 2.85. The number of hydrogen-bond donors (Lipinski definition) is 0. The van der Waals surface area contributed by atoms with Crippen LogP contribution >= 0.6 is 0 Å². The van der Waals surface area contributed by atoms with Crippen LogP contribution in [0.3, 0.4) is 0 Å². The van der Waals surface area contributed by atoms with Crippen molar-refractivity contribution in [1.82, 2.24) is 9.80 Å². The molecule has 0 bridgehead atoms. The summed E-state index contributed by atoms with van der Waals surface area (Å²) in [6.45, 7) is 16.3. The Morgan fingerprint density at radius 2 is 1.60 bits per heavy atom. The van der Waals surface area contributed by atoms with E-state index in [-0.39, 0.29) is 0 Å². The third-order valence-corrected chi connectivity index (χ3v) is 6.74. The molecule has 0 aliphatic carbocycles. The molecule has 0 spiro atoms. The Bertz CT molecular complexity index is 362. The van der Waals surface area contributed by atoms with Gasteiger partial charge in [0, 0.05) is 23.7 Å². The second kappa shape index (κ2) is 4.71. The molecule has 3 heterocycles. The van der Waals surface area contributed by atoms with Gasteiger partial charge in [-0.15, -0.1) is 0 Å². The van der Waals surface area contributed by atoms with Gasteiger partial charge in [0.2, 0.25) is 0 Å². The van der Waals surface area contributed by atoms with Gasteiger partial charge in [-0.25, -0.2) is 0 Å². The highest BCUT2D eigenvalue weighted by Crippen LogP contribution is 2.55. The van der Waals surface area contributed by atoms with E-state index in [1.165, 1.54) is 58.2 Å². The summed E-state index contributed by atoms with van der Waals surface area (Å²) >= 11 is 0. The highest BCUT2D eigenvalue weighted by molar-refractivity contribution is 5.14. The summed E-state index contributed by atoms with van der Waals surface area (Å²) < 4.78 is 0. The zero-order valence-electron chi connectivity index (χ0n) is 14.3. The van der Waals surface area contributed by atoms with Gasteiger partial charge in [-0.2, -0.15) is 0 Å². The molecule has 2 heteroatoms. The van der Waals surface area contributed by atoms with Crippen molar-refractivity contribution in [3.8, 4) is 0 Å². The molecule has 2 nitrogen and oxygen atoms in total. The van der Waals surface area contributed by atoms with Crippen LogP contribution in [0.1, 0.15) is 73.1 Å². The summed E-state index contributed by atoms with van der Waals surface area (Å²) in [6, 6.07) is 0.832. The van der Waals surface area contributed by atoms with Gasteiger partial charge < -0.3 is 0 Å². The summed E-state index contributed by atoms with van der Waals surface area (Å²) in [7, 11) is 0. The third-order valence-electron chi connectivity index (χ3n) is 6.74. The van der Waals surface area contributed by atoms with Gasteiger partial charge in [0.15, 0.2) is 0 Å². The normalized spacial score (nSPS) is 36.1. The lowest BCUT2D eigenvalue weighted by Gasteiger charge is -2.58. The highest BCUT2D eigenvalue weighted by Gasteiger charge is 2.58. The third kappa shape index (κ3) is 2.14. The smallest absolute Gasteiger partial charge is 0.0273 e. The first kappa shape index (κ1) is 14.8. The molecule has 0 aromatic heterocycles. The van der Waals surface area contributed by atoms with Crippen LogP contribution in [0.2, 0.25) is 0 Å². The first-order valence-corrected chi connectivity index (χ1v) is 8.78. The van der Waals surface area contributed by atoms with Gasteiger partial charge >= 0.3 is 0 Å². The Balaban J connectivity index is 1.68. The monoisotopic (exact) mass is 278 g/mol. The summed E-state index contributed by atoms with van der Waals surface area (Å²) in [5.74, 6) is 0. The second-order valence-electron chi connectivity index (χ2n) is 9.13. The summed E-state index contributed by atoms with van der Waals surface area (Å²) in [6.07, 6.45) is 8.46. The molecule has 3 fully saturated rings. The van der Waals surface area contributed by atoms with Crippen LogP contribution in [0.25, 0.3) is 0 Å². The van der Waals surface area contributed by atoms with E-state index in [2.05, 4.69) is 44.4 Å². The van der Waals surface area contributed by atoms with Gasteiger partial charge in [0.1, 0.15) is 0 Å². The largest absolute Gasteiger partial charge is 0.298 e. The predicted molar refractivity (Wildman–Crippen MR) is 86.0 cm³/mol. The summed E-state index contributed by atoms with van der Waals surface area (Å²) in [5.41, 5.74) is 1.36. The van der Waals surface area contributed by atoms with Crippen molar-refractivity contribution in [1.29, 1.82) is 0 Å². The molecule has 0 aromatic carbocycles. The van der Waals surface area contributed by atoms with E-state index in [0.29, 0.717) is 16.5 Å². The molecule has 3 rings (SSSR count). The van der Waals surface area contributed by atoms with Crippen LogP contribution in [0.5, 0.6) is 0 Å². The lowest BCUT2D eigenvalue weighted by atomic mass is 9.66. The van der Waals surface area contributed by atoms with Crippen molar-refractivity contribution in [3.05, 3.63) is 0 Å². The SMILES string of the molecule is CC(C)(CC1CCC2(C(C)(C)C)CCN12)N1CCCC1. The van der Waals surface area contributed by atoms with Crippen LogP contribution in [0, 0.1) is 5.41 Å². The molecule has 3 aliphatic rings. The first-order chi connectivity index (χ1) is 9.26. The first-order valence-electron chi connectivity index (χ1n) is 8.78.